The summed E-state index contributed by atoms with van der Waals surface area (Å²) in [7, 11) is 0. The highest BCUT2D eigenvalue weighted by Crippen LogP contribution is 2.35. The van der Waals surface area contributed by atoms with E-state index >= 15 is 0 Å². The summed E-state index contributed by atoms with van der Waals surface area (Å²) < 4.78 is 24.0. The number of hydrogen-bond acceptors (Lipinski definition) is 4. The van der Waals surface area contributed by atoms with Crippen LogP contribution < -0.4 is 9.47 Å². The quantitative estimate of drug-likeness (QED) is 0.130. The van der Waals surface area contributed by atoms with Crippen molar-refractivity contribution in [3.05, 3.63) is 59.7 Å². The van der Waals surface area contributed by atoms with Gasteiger partial charge >= 0.3 is 0 Å². The maximum Gasteiger partial charge on any atom is 0.119 e. The molecule has 0 aliphatic heterocycles. The van der Waals surface area contributed by atoms with Crippen molar-refractivity contribution < 1.29 is 18.9 Å². The predicted octanol–water partition coefficient (Wildman–Crippen LogP) is 11.3. The van der Waals surface area contributed by atoms with Gasteiger partial charge in [0.2, 0.25) is 0 Å². The molecule has 0 amide bonds. The molecule has 4 heteroatoms. The Balaban J connectivity index is 0.996. The van der Waals surface area contributed by atoms with Crippen molar-refractivity contribution in [2.75, 3.05) is 19.8 Å². The largest absolute Gasteiger partial charge is 0.494 e. The lowest BCUT2D eigenvalue weighted by atomic mass is 9.78. The summed E-state index contributed by atoms with van der Waals surface area (Å²) in [4.78, 5) is 0. The van der Waals surface area contributed by atoms with Crippen LogP contribution in [-0.2, 0) is 22.7 Å². The summed E-state index contributed by atoms with van der Waals surface area (Å²) >= 11 is 0. The van der Waals surface area contributed by atoms with Gasteiger partial charge in [0.25, 0.3) is 0 Å². The summed E-state index contributed by atoms with van der Waals surface area (Å²) in [6.45, 7) is 10.1. The lowest BCUT2D eigenvalue weighted by Gasteiger charge is -2.28. The Labute approximate surface area is 276 Å². The van der Waals surface area contributed by atoms with Crippen molar-refractivity contribution in [3.8, 4) is 11.5 Å². The van der Waals surface area contributed by atoms with E-state index in [1.54, 1.807) is 0 Å². The highest BCUT2D eigenvalue weighted by Gasteiger charge is 2.21. The molecule has 0 radical (unpaired) electrons. The molecule has 4 rings (SSSR count). The first kappa shape index (κ1) is 35.8. The van der Waals surface area contributed by atoms with E-state index in [2.05, 4.69) is 69.3 Å². The van der Waals surface area contributed by atoms with Gasteiger partial charge in [0, 0.05) is 0 Å². The summed E-state index contributed by atoms with van der Waals surface area (Å²) in [5.74, 6) is 5.73. The smallest absolute Gasteiger partial charge is 0.119 e. The van der Waals surface area contributed by atoms with Crippen LogP contribution in [-0.4, -0.2) is 25.9 Å². The second-order valence-electron chi connectivity index (χ2n) is 14.3. The molecule has 0 unspecified atom stereocenters. The van der Waals surface area contributed by atoms with Gasteiger partial charge < -0.3 is 18.9 Å². The van der Waals surface area contributed by atoms with E-state index in [0.29, 0.717) is 19.8 Å². The van der Waals surface area contributed by atoms with Crippen LogP contribution in [0.25, 0.3) is 0 Å². The van der Waals surface area contributed by atoms with Gasteiger partial charge in [-0.2, -0.15) is 0 Å². The van der Waals surface area contributed by atoms with Gasteiger partial charge in [-0.25, -0.2) is 0 Å². The van der Waals surface area contributed by atoms with Gasteiger partial charge in [-0.15, -0.1) is 0 Å². The van der Waals surface area contributed by atoms with E-state index in [4.69, 9.17) is 18.9 Å². The summed E-state index contributed by atoms with van der Waals surface area (Å²) in [5.41, 5.74) is 2.32. The molecule has 1 atom stereocenters. The molecule has 2 saturated carbocycles. The molecule has 2 fully saturated rings. The van der Waals surface area contributed by atoms with Crippen molar-refractivity contribution in [3.63, 3.8) is 0 Å². The van der Waals surface area contributed by atoms with E-state index in [0.717, 1.165) is 72.4 Å². The number of hydrogen-bond donors (Lipinski definition) is 0. The third-order valence-electron chi connectivity index (χ3n) is 10.4. The number of ether oxygens (including phenoxy) is 4. The Kier molecular flexibility index (Phi) is 16.7. The molecule has 4 nitrogen and oxygen atoms in total. The molecule has 0 bridgehead atoms. The highest BCUT2D eigenvalue weighted by atomic mass is 16.5. The summed E-state index contributed by atoms with van der Waals surface area (Å²) in [5, 5.41) is 0. The third-order valence-corrected chi connectivity index (χ3v) is 10.4. The molecule has 252 valence electrons. The number of rotatable bonds is 21. The maximum absolute atomic E-state index is 6.04. The summed E-state index contributed by atoms with van der Waals surface area (Å²) in [6.07, 6.45) is 22.0. The zero-order valence-corrected chi connectivity index (χ0v) is 29.0. The fraction of sp³-hybridized carbons (Fsp3) is 0.707. The Morgan fingerprint density at radius 3 is 1.38 bits per heavy atom. The Bertz CT molecular complexity index is 1000. The SMILES string of the molecule is CCCC1CCC(CCCOc2ccc(COC[C@@H](C)OCc3ccc(OCCCC4CCC(CCC)CC4)cc3)cc2)CC1. The second kappa shape index (κ2) is 21.0. The Morgan fingerprint density at radius 1 is 0.556 bits per heavy atom. The minimum absolute atomic E-state index is 0.0299. The topological polar surface area (TPSA) is 36.9 Å². The van der Waals surface area contributed by atoms with E-state index < -0.39 is 0 Å². The van der Waals surface area contributed by atoms with E-state index in [1.807, 2.05) is 0 Å². The van der Waals surface area contributed by atoms with Crippen LogP contribution in [0.4, 0.5) is 0 Å². The standard InChI is InChI=1S/C41H64O4/c1-4-8-34-12-16-36(17-13-34)10-6-28-43-40-24-20-38(21-25-40)31-42-30-33(3)45-32-39-22-26-41(27-23-39)44-29-7-11-37-18-14-35(9-5-2)15-19-37/h20-27,33-37H,4-19,28-32H2,1-3H3/t33-,34?,35?,36?,37?/m1/s1. The van der Waals surface area contributed by atoms with E-state index in [1.165, 1.54) is 89.9 Å². The van der Waals surface area contributed by atoms with Crippen LogP contribution in [0.15, 0.2) is 48.5 Å². The average molecular weight is 621 g/mol. The lowest BCUT2D eigenvalue weighted by Crippen LogP contribution is -2.16. The molecule has 2 aromatic rings. The molecule has 0 saturated heterocycles. The van der Waals surface area contributed by atoms with Gasteiger partial charge in [0.1, 0.15) is 11.5 Å². The van der Waals surface area contributed by atoms with Gasteiger partial charge in [-0.05, 0) is 91.7 Å². The zero-order chi connectivity index (χ0) is 31.5. The normalized spacial score (nSPS) is 22.6. The average Bonchev–Trinajstić information content (AvgIpc) is 3.07. The fourth-order valence-electron chi connectivity index (χ4n) is 7.55. The second-order valence-corrected chi connectivity index (χ2v) is 14.3. The van der Waals surface area contributed by atoms with Crippen LogP contribution >= 0.6 is 0 Å². The van der Waals surface area contributed by atoms with Gasteiger partial charge in [-0.3, -0.25) is 0 Å². The van der Waals surface area contributed by atoms with Gasteiger partial charge in [0.15, 0.2) is 0 Å². The minimum atomic E-state index is 0.0299. The molecule has 2 aromatic carbocycles. The van der Waals surface area contributed by atoms with E-state index in [-0.39, 0.29) is 6.10 Å². The van der Waals surface area contributed by atoms with Crippen LogP contribution in [0, 0.1) is 23.7 Å². The molecule has 0 aromatic heterocycles. The molecule has 2 aliphatic carbocycles. The highest BCUT2D eigenvalue weighted by molar-refractivity contribution is 5.27. The maximum atomic E-state index is 6.04. The minimum Gasteiger partial charge on any atom is -0.494 e. The van der Waals surface area contributed by atoms with Gasteiger partial charge in [0.05, 0.1) is 39.1 Å². The molecule has 45 heavy (non-hydrogen) atoms. The van der Waals surface area contributed by atoms with Crippen molar-refractivity contribution in [2.45, 2.75) is 143 Å². The Morgan fingerprint density at radius 2 is 0.956 bits per heavy atom. The molecule has 0 spiro atoms. The van der Waals surface area contributed by atoms with Crippen molar-refractivity contribution in [2.24, 2.45) is 23.7 Å². The summed E-state index contributed by atoms with van der Waals surface area (Å²) in [6, 6.07) is 16.7. The monoisotopic (exact) mass is 620 g/mol. The lowest BCUT2D eigenvalue weighted by molar-refractivity contribution is -0.0198. The van der Waals surface area contributed by atoms with E-state index in [9.17, 15) is 0 Å². The van der Waals surface area contributed by atoms with Gasteiger partial charge in [-0.1, -0.05) is 115 Å². The zero-order valence-electron chi connectivity index (χ0n) is 29.0. The van der Waals surface area contributed by atoms with Crippen LogP contribution in [0.5, 0.6) is 11.5 Å². The predicted molar refractivity (Wildman–Crippen MR) is 187 cm³/mol. The fourth-order valence-corrected chi connectivity index (χ4v) is 7.55. The van der Waals surface area contributed by atoms with Crippen molar-refractivity contribution in [1.82, 2.24) is 0 Å². The third kappa shape index (κ3) is 14.1. The number of benzene rings is 2. The van der Waals surface area contributed by atoms with Crippen molar-refractivity contribution in [1.29, 1.82) is 0 Å². The molecule has 0 N–H and O–H groups in total. The van der Waals surface area contributed by atoms with Crippen LogP contribution in [0.2, 0.25) is 0 Å². The van der Waals surface area contributed by atoms with Crippen LogP contribution in [0.3, 0.4) is 0 Å². The first-order valence-corrected chi connectivity index (χ1v) is 18.7. The molecule has 0 heterocycles. The molecular weight excluding hydrogens is 556 g/mol. The molecular formula is C41H64O4. The van der Waals surface area contributed by atoms with Crippen LogP contribution in [0.1, 0.15) is 135 Å². The first-order chi connectivity index (χ1) is 22.1. The van der Waals surface area contributed by atoms with Crippen molar-refractivity contribution >= 4 is 0 Å². The molecule has 2 aliphatic rings. The Hall–Kier alpha value is -2.04. The first-order valence-electron chi connectivity index (χ1n) is 18.7.